The molecule has 0 aliphatic carbocycles. The molecule has 1 fully saturated rings. The first-order valence-corrected chi connectivity index (χ1v) is 4.75. The second-order valence-corrected chi connectivity index (χ2v) is 3.28. The van der Waals surface area contributed by atoms with Gasteiger partial charge in [-0.2, -0.15) is 0 Å². The summed E-state index contributed by atoms with van der Waals surface area (Å²) in [6, 6.07) is 0.599. The molecule has 3 heteroatoms. The van der Waals surface area contributed by atoms with Crippen LogP contribution in [0.1, 0.15) is 26.2 Å². The molecule has 3 nitrogen and oxygen atoms in total. The van der Waals surface area contributed by atoms with Crippen molar-refractivity contribution in [3.05, 3.63) is 12.8 Å². The van der Waals surface area contributed by atoms with Gasteiger partial charge in [0.25, 0.3) is 0 Å². The van der Waals surface area contributed by atoms with Crippen molar-refractivity contribution in [2.75, 3.05) is 13.7 Å². The Hall–Kier alpha value is -0.540. The summed E-state index contributed by atoms with van der Waals surface area (Å²) in [7, 11) is 1.56. The third kappa shape index (κ3) is 7.81. The first kappa shape index (κ1) is 12.5. The Balaban J connectivity index is 0.000000310. The Labute approximate surface area is 80.8 Å². The zero-order valence-electron chi connectivity index (χ0n) is 8.62. The van der Waals surface area contributed by atoms with Crippen LogP contribution in [-0.2, 0) is 4.74 Å². The van der Waals surface area contributed by atoms with E-state index in [-0.39, 0.29) is 6.10 Å². The summed E-state index contributed by atoms with van der Waals surface area (Å²) < 4.78 is 4.31. The van der Waals surface area contributed by atoms with E-state index in [0.717, 1.165) is 25.8 Å². The van der Waals surface area contributed by atoms with Crippen LogP contribution in [0.15, 0.2) is 12.8 Å². The van der Waals surface area contributed by atoms with Crippen LogP contribution >= 0.6 is 0 Å². The van der Waals surface area contributed by atoms with Crippen molar-refractivity contribution in [3.8, 4) is 0 Å². The summed E-state index contributed by atoms with van der Waals surface area (Å²) in [6.07, 6.45) is 4.32. The summed E-state index contributed by atoms with van der Waals surface area (Å²) in [4.78, 5) is 0. The van der Waals surface area contributed by atoms with E-state index >= 15 is 0 Å². The lowest BCUT2D eigenvalue weighted by Gasteiger charge is -2.06. The molecule has 0 aromatic heterocycles. The smallest absolute Gasteiger partial charge is 0.0766 e. The van der Waals surface area contributed by atoms with Gasteiger partial charge < -0.3 is 15.2 Å². The molecule has 1 rings (SSSR count). The average molecular weight is 187 g/mol. The van der Waals surface area contributed by atoms with Crippen molar-refractivity contribution in [1.29, 1.82) is 0 Å². The Kier molecular flexibility index (Phi) is 7.74. The number of ether oxygens (including phenoxy) is 1. The maximum Gasteiger partial charge on any atom is 0.0766 e. The van der Waals surface area contributed by atoms with Crippen molar-refractivity contribution in [2.45, 2.75) is 38.3 Å². The SMILES string of the molecule is C=COC.CC1CCC(O)CCN1. The largest absolute Gasteiger partial charge is 0.505 e. The third-order valence-corrected chi connectivity index (χ3v) is 2.07. The molecular weight excluding hydrogens is 166 g/mol. The number of methoxy groups -OCH3 is 1. The van der Waals surface area contributed by atoms with Crippen LogP contribution in [0.2, 0.25) is 0 Å². The summed E-state index contributed by atoms with van der Waals surface area (Å²) >= 11 is 0. The molecule has 1 aliphatic heterocycles. The predicted octanol–water partition coefficient (Wildman–Crippen LogP) is 1.29. The molecule has 1 heterocycles. The zero-order valence-corrected chi connectivity index (χ0v) is 8.62. The molecule has 2 unspecified atom stereocenters. The van der Waals surface area contributed by atoms with E-state index in [1.807, 2.05) is 0 Å². The van der Waals surface area contributed by atoms with Gasteiger partial charge in [0.15, 0.2) is 0 Å². The van der Waals surface area contributed by atoms with Gasteiger partial charge in [-0.25, -0.2) is 0 Å². The second-order valence-electron chi connectivity index (χ2n) is 3.28. The highest BCUT2D eigenvalue weighted by molar-refractivity contribution is 4.70. The van der Waals surface area contributed by atoms with Crippen molar-refractivity contribution in [2.24, 2.45) is 0 Å². The van der Waals surface area contributed by atoms with Crippen LogP contribution in [0.3, 0.4) is 0 Å². The van der Waals surface area contributed by atoms with E-state index in [1.165, 1.54) is 6.26 Å². The molecular formula is C10H21NO2. The first-order chi connectivity index (χ1) is 6.20. The number of nitrogens with one attached hydrogen (secondary N) is 1. The van der Waals surface area contributed by atoms with Gasteiger partial charge in [0.1, 0.15) is 0 Å². The highest BCUT2D eigenvalue weighted by Crippen LogP contribution is 2.08. The molecule has 2 atom stereocenters. The minimum Gasteiger partial charge on any atom is -0.505 e. The molecule has 0 aromatic rings. The summed E-state index contributed by atoms with van der Waals surface area (Å²) in [5.41, 5.74) is 0. The van der Waals surface area contributed by atoms with Gasteiger partial charge in [0.2, 0.25) is 0 Å². The zero-order chi connectivity index (χ0) is 10.1. The summed E-state index contributed by atoms with van der Waals surface area (Å²) in [5, 5.41) is 12.5. The Bertz CT molecular complexity index is 118. The Morgan fingerprint density at radius 2 is 2.08 bits per heavy atom. The highest BCUT2D eigenvalue weighted by atomic mass is 16.5. The Morgan fingerprint density at radius 3 is 2.62 bits per heavy atom. The van der Waals surface area contributed by atoms with Gasteiger partial charge in [-0.1, -0.05) is 6.58 Å². The molecule has 13 heavy (non-hydrogen) atoms. The van der Waals surface area contributed by atoms with Crippen LogP contribution in [0, 0.1) is 0 Å². The predicted molar refractivity (Wildman–Crippen MR) is 54.5 cm³/mol. The number of rotatable bonds is 1. The van der Waals surface area contributed by atoms with E-state index in [9.17, 15) is 0 Å². The van der Waals surface area contributed by atoms with E-state index in [2.05, 4.69) is 23.6 Å². The molecule has 78 valence electrons. The molecule has 2 N–H and O–H groups in total. The maximum absolute atomic E-state index is 9.17. The molecule has 0 spiro atoms. The van der Waals surface area contributed by atoms with E-state index in [1.54, 1.807) is 7.11 Å². The maximum atomic E-state index is 9.17. The highest BCUT2D eigenvalue weighted by Gasteiger charge is 2.11. The first-order valence-electron chi connectivity index (χ1n) is 4.75. The standard InChI is InChI=1S/C7H15NO.C3H6O/c1-6-2-3-7(9)4-5-8-6;1-3-4-2/h6-9H,2-5H2,1H3;3H,1H2,2H3. The lowest BCUT2D eigenvalue weighted by atomic mass is 10.1. The van der Waals surface area contributed by atoms with Gasteiger partial charge >= 0.3 is 0 Å². The van der Waals surface area contributed by atoms with Gasteiger partial charge in [0.05, 0.1) is 19.5 Å². The van der Waals surface area contributed by atoms with E-state index in [0.29, 0.717) is 6.04 Å². The summed E-state index contributed by atoms with van der Waals surface area (Å²) in [6.45, 7) is 6.40. The van der Waals surface area contributed by atoms with Crippen LogP contribution in [-0.4, -0.2) is 30.9 Å². The van der Waals surface area contributed by atoms with Crippen LogP contribution in [0.4, 0.5) is 0 Å². The van der Waals surface area contributed by atoms with Crippen molar-refractivity contribution in [1.82, 2.24) is 5.32 Å². The van der Waals surface area contributed by atoms with Crippen LogP contribution in [0.25, 0.3) is 0 Å². The molecule has 1 saturated heterocycles. The van der Waals surface area contributed by atoms with E-state index in [4.69, 9.17) is 5.11 Å². The van der Waals surface area contributed by atoms with Gasteiger partial charge in [-0.3, -0.25) is 0 Å². The van der Waals surface area contributed by atoms with Gasteiger partial charge in [-0.05, 0) is 32.7 Å². The lowest BCUT2D eigenvalue weighted by molar-refractivity contribution is 0.160. The second kappa shape index (κ2) is 8.08. The molecule has 0 amide bonds. The fourth-order valence-electron chi connectivity index (χ4n) is 1.19. The molecule has 0 radical (unpaired) electrons. The molecule has 1 aliphatic rings. The van der Waals surface area contributed by atoms with Crippen molar-refractivity contribution >= 4 is 0 Å². The number of hydrogen-bond donors (Lipinski definition) is 2. The fourth-order valence-corrected chi connectivity index (χ4v) is 1.19. The Morgan fingerprint density at radius 1 is 1.46 bits per heavy atom. The van der Waals surface area contributed by atoms with Crippen LogP contribution < -0.4 is 5.32 Å². The quantitative estimate of drug-likeness (QED) is 0.608. The van der Waals surface area contributed by atoms with Crippen LogP contribution in [0.5, 0.6) is 0 Å². The number of hydrogen-bond acceptors (Lipinski definition) is 3. The monoisotopic (exact) mass is 187 g/mol. The van der Waals surface area contributed by atoms with E-state index < -0.39 is 0 Å². The normalized spacial score (nSPS) is 27.9. The van der Waals surface area contributed by atoms with Gasteiger partial charge in [0, 0.05) is 6.04 Å². The lowest BCUT2D eigenvalue weighted by Crippen LogP contribution is -2.24. The van der Waals surface area contributed by atoms with Crippen molar-refractivity contribution < 1.29 is 9.84 Å². The minimum atomic E-state index is -0.0533. The van der Waals surface area contributed by atoms with Crippen molar-refractivity contribution in [3.63, 3.8) is 0 Å². The third-order valence-electron chi connectivity index (χ3n) is 2.07. The number of aliphatic hydroxyl groups is 1. The average Bonchev–Trinajstić information content (AvgIpc) is 2.32. The minimum absolute atomic E-state index is 0.0533. The molecule has 0 saturated carbocycles. The molecule has 0 bridgehead atoms. The topological polar surface area (TPSA) is 41.5 Å². The fraction of sp³-hybridized carbons (Fsp3) is 0.800. The van der Waals surface area contributed by atoms with Gasteiger partial charge in [-0.15, -0.1) is 0 Å². The number of aliphatic hydroxyl groups excluding tert-OH is 1. The molecule has 0 aromatic carbocycles. The summed E-state index contributed by atoms with van der Waals surface area (Å²) in [5.74, 6) is 0.